The lowest BCUT2D eigenvalue weighted by molar-refractivity contribution is -0.274. The number of carbonyl (C=O) groups excluding carboxylic acids is 1. The Balaban J connectivity index is 1.51. The highest BCUT2D eigenvalue weighted by Crippen LogP contribution is 2.39. The molecule has 0 bridgehead atoms. The normalized spacial score (nSPS) is 22.1. The number of carbonyl (C=O) groups is 1. The summed E-state index contributed by atoms with van der Waals surface area (Å²) in [5.74, 6) is -1.60. The van der Waals surface area contributed by atoms with Gasteiger partial charge < -0.3 is 24.8 Å². The fraction of sp³-hybridized carbons (Fsp3) is 0.360. The minimum absolute atomic E-state index is 0.0150. The maximum atomic E-state index is 14.9. The van der Waals surface area contributed by atoms with E-state index in [-0.39, 0.29) is 30.8 Å². The Hall–Kier alpha value is -3.44. The molecule has 1 saturated heterocycles. The van der Waals surface area contributed by atoms with Gasteiger partial charge in [-0.15, -0.1) is 13.2 Å². The second-order valence-corrected chi connectivity index (χ2v) is 8.92. The lowest BCUT2D eigenvalue weighted by Crippen LogP contribution is -2.49. The molecule has 0 aliphatic carbocycles. The monoisotopic (exact) mass is 505 g/mol. The molecule has 7 nitrogen and oxygen atoms in total. The number of anilines is 1. The molecule has 190 valence electrons. The molecule has 1 amide bonds. The van der Waals surface area contributed by atoms with Crippen molar-refractivity contribution in [2.24, 2.45) is 0 Å². The van der Waals surface area contributed by atoms with E-state index in [2.05, 4.69) is 9.72 Å². The third kappa shape index (κ3) is 4.33. The number of morpholine rings is 1. The third-order valence-electron chi connectivity index (χ3n) is 6.54. The minimum atomic E-state index is -4.95. The summed E-state index contributed by atoms with van der Waals surface area (Å²) >= 11 is 0. The lowest BCUT2D eigenvalue weighted by atomic mass is 9.97. The van der Waals surface area contributed by atoms with Gasteiger partial charge in [0.25, 0.3) is 5.91 Å². The molecular formula is C25H23F4N3O4. The van der Waals surface area contributed by atoms with Crippen LogP contribution in [0, 0.1) is 5.82 Å². The van der Waals surface area contributed by atoms with Crippen molar-refractivity contribution in [3.8, 4) is 5.75 Å². The summed E-state index contributed by atoms with van der Waals surface area (Å²) in [6.07, 6.45) is -5.16. The number of aromatic nitrogens is 1. The zero-order valence-electron chi connectivity index (χ0n) is 19.4. The Morgan fingerprint density at radius 3 is 2.67 bits per heavy atom. The van der Waals surface area contributed by atoms with Crippen LogP contribution in [0.2, 0.25) is 0 Å². The van der Waals surface area contributed by atoms with Gasteiger partial charge in [-0.2, -0.15) is 0 Å². The van der Waals surface area contributed by atoms with Crippen LogP contribution in [0.1, 0.15) is 53.0 Å². The smallest absolute Gasteiger partial charge is 0.406 e. The fourth-order valence-corrected chi connectivity index (χ4v) is 4.92. The van der Waals surface area contributed by atoms with Crippen LogP contribution in [0.25, 0.3) is 10.9 Å². The van der Waals surface area contributed by atoms with Gasteiger partial charge in [0, 0.05) is 28.1 Å². The van der Waals surface area contributed by atoms with Crippen LogP contribution in [0.15, 0.2) is 36.4 Å². The van der Waals surface area contributed by atoms with Crippen molar-refractivity contribution in [1.82, 2.24) is 9.88 Å². The SMILES string of the molecule is C[C@@H]1COC[C@H](c2ccc(OC(F)(F)F)cc2F)N1C(=O)c1ccc2nc(N)c3c(c2c1)CO[C@@H]3C. The first-order valence-electron chi connectivity index (χ1n) is 11.3. The van der Waals surface area contributed by atoms with Crippen molar-refractivity contribution < 1.29 is 36.6 Å². The van der Waals surface area contributed by atoms with Crippen LogP contribution in [0.4, 0.5) is 23.4 Å². The predicted molar refractivity (Wildman–Crippen MR) is 122 cm³/mol. The Bertz CT molecular complexity index is 1350. The average molecular weight is 505 g/mol. The molecule has 5 rings (SSSR count). The van der Waals surface area contributed by atoms with Crippen LogP contribution in [-0.4, -0.2) is 41.4 Å². The van der Waals surface area contributed by atoms with Crippen LogP contribution >= 0.6 is 0 Å². The zero-order chi connectivity index (χ0) is 25.8. The van der Waals surface area contributed by atoms with Gasteiger partial charge >= 0.3 is 6.36 Å². The van der Waals surface area contributed by atoms with Crippen molar-refractivity contribution in [3.05, 3.63) is 64.5 Å². The maximum Gasteiger partial charge on any atom is 0.573 e. The first kappa shape index (κ1) is 24.3. The maximum absolute atomic E-state index is 14.9. The summed E-state index contributed by atoms with van der Waals surface area (Å²) in [7, 11) is 0. The number of fused-ring (bicyclic) bond motifs is 3. The lowest BCUT2D eigenvalue weighted by Gasteiger charge is -2.41. The van der Waals surface area contributed by atoms with Gasteiger partial charge in [0.2, 0.25) is 0 Å². The Labute approximate surface area is 203 Å². The van der Waals surface area contributed by atoms with Gasteiger partial charge in [0.1, 0.15) is 17.4 Å². The number of halogens is 4. The van der Waals surface area contributed by atoms with Gasteiger partial charge in [0.05, 0.1) is 43.5 Å². The second kappa shape index (κ2) is 8.90. The van der Waals surface area contributed by atoms with Gasteiger partial charge in [0.15, 0.2) is 0 Å². The largest absolute Gasteiger partial charge is 0.573 e. The Morgan fingerprint density at radius 2 is 1.94 bits per heavy atom. The molecule has 2 N–H and O–H groups in total. The van der Waals surface area contributed by atoms with Crippen LogP contribution < -0.4 is 10.5 Å². The summed E-state index contributed by atoms with van der Waals surface area (Å²) in [4.78, 5) is 19.7. The number of pyridine rings is 1. The summed E-state index contributed by atoms with van der Waals surface area (Å²) < 4.78 is 67.6. The van der Waals surface area contributed by atoms with Crippen LogP contribution in [0.5, 0.6) is 5.75 Å². The summed E-state index contributed by atoms with van der Waals surface area (Å²) in [5.41, 5.74) is 8.79. The first-order valence-corrected chi connectivity index (χ1v) is 11.3. The number of rotatable bonds is 3. The minimum Gasteiger partial charge on any atom is -0.406 e. The molecular weight excluding hydrogens is 482 g/mol. The molecule has 0 radical (unpaired) electrons. The van der Waals surface area contributed by atoms with E-state index in [4.69, 9.17) is 15.2 Å². The quantitative estimate of drug-likeness (QED) is 0.502. The van der Waals surface area contributed by atoms with E-state index < -0.39 is 30.0 Å². The fourth-order valence-electron chi connectivity index (χ4n) is 4.92. The van der Waals surface area contributed by atoms with Gasteiger partial charge in [-0.05, 0) is 43.7 Å². The average Bonchev–Trinajstić information content (AvgIpc) is 3.20. The highest BCUT2D eigenvalue weighted by Gasteiger charge is 2.37. The number of nitrogen functional groups attached to an aromatic ring is 1. The number of ether oxygens (including phenoxy) is 3. The Morgan fingerprint density at radius 1 is 1.17 bits per heavy atom. The molecule has 3 heterocycles. The highest BCUT2D eigenvalue weighted by molar-refractivity contribution is 5.99. The topological polar surface area (TPSA) is 86.9 Å². The van der Waals surface area contributed by atoms with Crippen LogP contribution in [-0.2, 0) is 16.1 Å². The molecule has 0 spiro atoms. The number of nitrogens with two attached hydrogens (primary N) is 1. The molecule has 0 unspecified atom stereocenters. The number of nitrogens with zero attached hydrogens (tertiary/aromatic N) is 2. The van der Waals surface area contributed by atoms with E-state index in [0.29, 0.717) is 29.6 Å². The Kier molecular flexibility index (Phi) is 6.00. The molecule has 3 atom stereocenters. The second-order valence-electron chi connectivity index (χ2n) is 8.92. The highest BCUT2D eigenvalue weighted by atomic mass is 19.4. The van der Waals surface area contributed by atoms with Crippen LogP contribution in [0.3, 0.4) is 0 Å². The molecule has 3 aromatic rings. The number of amides is 1. The summed E-state index contributed by atoms with van der Waals surface area (Å²) in [6.45, 7) is 4.19. The van der Waals surface area contributed by atoms with E-state index in [1.54, 1.807) is 25.1 Å². The molecule has 2 aromatic carbocycles. The number of hydrogen-bond donors (Lipinski definition) is 1. The number of alkyl halides is 3. The standard InChI is InChI=1S/C25H23F4N3O4/c1-12-9-34-11-21(16-5-4-15(8-19(16)26)36-25(27,28)29)32(12)24(33)14-3-6-20-17(7-14)18-10-35-13(2)22(18)23(30)31-20/h3-8,12-13,21H,9-11H2,1-2H3,(H2,30,31)/t12-,13-,21-/m1/s1. The molecule has 36 heavy (non-hydrogen) atoms. The van der Waals surface area contributed by atoms with Gasteiger partial charge in [-0.25, -0.2) is 9.37 Å². The molecule has 11 heteroatoms. The van der Waals surface area contributed by atoms with Crippen molar-refractivity contribution in [1.29, 1.82) is 0 Å². The molecule has 0 saturated carbocycles. The molecule has 1 aromatic heterocycles. The third-order valence-corrected chi connectivity index (χ3v) is 6.54. The van der Waals surface area contributed by atoms with Gasteiger partial charge in [-0.1, -0.05) is 6.07 Å². The van der Waals surface area contributed by atoms with Gasteiger partial charge in [-0.3, -0.25) is 4.79 Å². The summed E-state index contributed by atoms with van der Waals surface area (Å²) in [6, 6.07) is 6.63. The van der Waals surface area contributed by atoms with E-state index in [0.717, 1.165) is 22.6 Å². The number of benzene rings is 2. The van der Waals surface area contributed by atoms with E-state index in [9.17, 15) is 22.4 Å². The molecule has 2 aliphatic heterocycles. The van der Waals surface area contributed by atoms with Crippen molar-refractivity contribution in [2.75, 3.05) is 18.9 Å². The molecule has 1 fully saturated rings. The van der Waals surface area contributed by atoms with Crippen molar-refractivity contribution in [3.63, 3.8) is 0 Å². The zero-order valence-corrected chi connectivity index (χ0v) is 19.4. The van der Waals surface area contributed by atoms with E-state index in [1.807, 2.05) is 6.92 Å². The van der Waals surface area contributed by atoms with E-state index >= 15 is 0 Å². The number of hydrogen-bond acceptors (Lipinski definition) is 6. The molecule has 2 aliphatic rings. The predicted octanol–water partition coefficient (Wildman–Crippen LogP) is 5.05. The first-order chi connectivity index (χ1) is 17.0. The van der Waals surface area contributed by atoms with Crippen molar-refractivity contribution >= 4 is 22.6 Å². The summed E-state index contributed by atoms with van der Waals surface area (Å²) in [5, 5.41) is 0.742. The van der Waals surface area contributed by atoms with E-state index in [1.165, 1.54) is 11.0 Å². The van der Waals surface area contributed by atoms with Crippen molar-refractivity contribution in [2.45, 2.75) is 45.0 Å².